The number of nitrogens with zero attached hydrogens (tertiary/aromatic N) is 7. The van der Waals surface area contributed by atoms with Crippen molar-refractivity contribution in [2.45, 2.75) is 42.4 Å². The summed E-state index contributed by atoms with van der Waals surface area (Å²) in [4.78, 5) is 71.9. The van der Waals surface area contributed by atoms with Gasteiger partial charge in [-0.05, 0) is 29.8 Å². The number of fused-ring (bicyclic) bond motifs is 1. The van der Waals surface area contributed by atoms with Crippen LogP contribution >= 0.6 is 46.5 Å². The van der Waals surface area contributed by atoms with Gasteiger partial charge in [-0.25, -0.2) is 9.78 Å². The molecule has 1 aromatic carbocycles. The van der Waals surface area contributed by atoms with Crippen LogP contribution in [-0.4, -0.2) is 114 Å². The van der Waals surface area contributed by atoms with Gasteiger partial charge in [0, 0.05) is 28.5 Å². The van der Waals surface area contributed by atoms with Crippen LogP contribution in [0.3, 0.4) is 0 Å². The van der Waals surface area contributed by atoms with Gasteiger partial charge in [0.1, 0.15) is 17.1 Å². The van der Waals surface area contributed by atoms with Crippen molar-refractivity contribution in [3.8, 4) is 17.2 Å². The number of carboxylic acids is 3. The zero-order valence-corrected chi connectivity index (χ0v) is 31.6. The number of thioether (sulfide) groups is 2. The molecular formula is C26H23ClN9NaO11S3. The normalized spacial score (nSPS) is 17.3. The fourth-order valence-corrected chi connectivity index (χ4v) is 7.70. The van der Waals surface area contributed by atoms with E-state index in [0.717, 1.165) is 50.5 Å². The molecule has 1 saturated heterocycles. The van der Waals surface area contributed by atoms with E-state index in [0.29, 0.717) is 0 Å². The van der Waals surface area contributed by atoms with E-state index in [4.69, 9.17) is 22.2 Å². The number of aromatic nitrogens is 5. The Hall–Kier alpha value is -4.13. The van der Waals surface area contributed by atoms with Crippen molar-refractivity contribution >= 4 is 87.0 Å². The number of nitrogens with one attached hydrogen (secondary N) is 1. The van der Waals surface area contributed by atoms with E-state index in [1.165, 1.54) is 19.2 Å². The van der Waals surface area contributed by atoms with Gasteiger partial charge in [0.2, 0.25) is 10.8 Å². The maximum atomic E-state index is 13.3. The van der Waals surface area contributed by atoms with Crippen molar-refractivity contribution in [2.75, 3.05) is 17.2 Å². The first-order valence-electron chi connectivity index (χ1n) is 13.8. The van der Waals surface area contributed by atoms with Gasteiger partial charge < -0.3 is 46.2 Å². The van der Waals surface area contributed by atoms with Gasteiger partial charge in [0.15, 0.2) is 22.3 Å². The number of phenols is 2. The summed E-state index contributed by atoms with van der Waals surface area (Å²) in [5.41, 5.74) is 2.93. The Labute approximate surface area is 325 Å². The number of rotatable bonds is 13. The predicted molar refractivity (Wildman–Crippen MR) is 172 cm³/mol. The Morgan fingerprint density at radius 1 is 1.27 bits per heavy atom. The van der Waals surface area contributed by atoms with E-state index < -0.39 is 81.1 Å². The molecule has 1 fully saturated rings. The van der Waals surface area contributed by atoms with Gasteiger partial charge in [0.25, 0.3) is 11.8 Å². The molecule has 0 aliphatic carbocycles. The number of hydrogen-bond donors (Lipinski definition) is 6. The third-order valence-corrected chi connectivity index (χ3v) is 10.5. The molecule has 7 N–H and O–H groups in total. The summed E-state index contributed by atoms with van der Waals surface area (Å²) in [7, 11) is 0. The van der Waals surface area contributed by atoms with Crippen molar-refractivity contribution in [1.29, 1.82) is 0 Å². The van der Waals surface area contributed by atoms with E-state index in [1.54, 1.807) is 0 Å². The van der Waals surface area contributed by atoms with Crippen LogP contribution in [0.1, 0.15) is 25.1 Å². The molecule has 4 heterocycles. The second-order valence-corrected chi connectivity index (χ2v) is 14.1. The molecule has 51 heavy (non-hydrogen) atoms. The van der Waals surface area contributed by atoms with Crippen LogP contribution in [0.15, 0.2) is 33.0 Å². The smallest absolute Gasteiger partial charge is 0.543 e. The molecule has 5 rings (SSSR count). The number of carbonyl (C=O) groups excluding carboxylic acids is 3. The monoisotopic (exact) mass is 791 g/mol. The maximum absolute atomic E-state index is 13.3. The average molecular weight is 792 g/mol. The average Bonchev–Trinajstić information content (AvgIpc) is 3.70. The van der Waals surface area contributed by atoms with Gasteiger partial charge in [-0.2, -0.15) is 4.68 Å². The number of hydrogen-bond acceptors (Lipinski definition) is 18. The number of anilines is 1. The Bertz CT molecular complexity index is 2000. The molecule has 1 unspecified atom stereocenters. The number of aliphatic carboxylic acids is 3. The number of thiazole rings is 1. The number of aromatic hydroxyl groups is 2. The number of tetrazole rings is 1. The first kappa shape index (κ1) is 39.7. The number of phenolic OH excluding ortho intramolecular Hbond substituents is 2. The Kier molecular flexibility index (Phi) is 12.2. The second-order valence-electron chi connectivity index (χ2n) is 10.8. The molecule has 0 saturated carbocycles. The molecule has 20 nitrogen and oxygen atoms in total. The molecule has 0 bridgehead atoms. The largest absolute Gasteiger partial charge is 1.00 e. The van der Waals surface area contributed by atoms with Gasteiger partial charge in [-0.15, -0.1) is 28.2 Å². The van der Waals surface area contributed by atoms with E-state index in [2.05, 4.69) is 31.0 Å². The third kappa shape index (κ3) is 8.03. The molecule has 2 aromatic heterocycles. The van der Waals surface area contributed by atoms with E-state index in [9.17, 15) is 49.5 Å². The molecule has 25 heteroatoms. The Morgan fingerprint density at radius 2 is 1.98 bits per heavy atom. The quantitative estimate of drug-likeness (QED) is 0.0241. The Balaban J connectivity index is 0.00000583. The first-order chi connectivity index (χ1) is 23.5. The number of oxime groups is 1. The van der Waals surface area contributed by atoms with Crippen molar-refractivity contribution in [3.05, 3.63) is 39.0 Å². The maximum Gasteiger partial charge on any atom is 1.00 e. The van der Waals surface area contributed by atoms with E-state index in [1.807, 2.05) is 0 Å². The van der Waals surface area contributed by atoms with Crippen LogP contribution < -0.4 is 45.7 Å². The summed E-state index contributed by atoms with van der Waals surface area (Å²) >= 11 is 9.11. The van der Waals surface area contributed by atoms with Crippen LogP contribution in [-0.2, 0) is 35.2 Å². The Morgan fingerprint density at radius 3 is 2.59 bits per heavy atom. The molecule has 2 amide bonds. The molecule has 2 aliphatic heterocycles. The molecule has 0 spiro atoms. The summed E-state index contributed by atoms with van der Waals surface area (Å²) in [5, 5.41) is 68.8. The van der Waals surface area contributed by atoms with Crippen LogP contribution in [0, 0.1) is 0 Å². The summed E-state index contributed by atoms with van der Waals surface area (Å²) in [5.74, 6) is -7.59. The third-order valence-electron chi connectivity index (χ3n) is 7.06. The minimum absolute atomic E-state index is 0. The number of nitrogen functional groups attached to an aromatic ring is 1. The fourth-order valence-electron chi connectivity index (χ4n) is 4.52. The number of benzene rings is 1. The summed E-state index contributed by atoms with van der Waals surface area (Å²) < 4.78 is 1.04. The van der Waals surface area contributed by atoms with Crippen LogP contribution in [0.2, 0.25) is 5.02 Å². The first-order valence-corrected chi connectivity index (χ1v) is 17.1. The van der Waals surface area contributed by atoms with Gasteiger partial charge in [-0.3, -0.25) is 19.3 Å². The number of halogens is 1. The van der Waals surface area contributed by atoms with Gasteiger partial charge in [-0.1, -0.05) is 28.5 Å². The molecule has 2 aliphatic rings. The molecule has 264 valence electrons. The summed E-state index contributed by atoms with van der Waals surface area (Å²) in [6.07, 6.45) is -0.669. The van der Waals surface area contributed by atoms with E-state index in [-0.39, 0.29) is 73.9 Å². The number of carbonyl (C=O) groups is 5. The zero-order valence-electron chi connectivity index (χ0n) is 26.4. The van der Waals surface area contributed by atoms with Gasteiger partial charge >= 0.3 is 41.5 Å². The SMILES string of the molecule is CC(C)(O/N=C(\C(=O)NC1C(=O)N2C(C(=O)[O-])=C(CSc3nnnn3-c3cc(O)c(O)c(Cl)c3CC(=O)O)CS[C@H]12)c1csc(N)n1)C(=O)O.[Na+]. The standard InChI is InChI=1S/C26H24ClN9O11S3.Na/c1-26(2,23(45)46)47-32-15(10-7-49-24(28)29-10)19(41)30-16-20(42)35-17(22(43)44)8(5-48-21(16)35)6-50-25-31-33-34-36(25)11-4-12(37)18(40)14(27)9(11)3-13(38)39;/h4,7,16,21,37,40H,3,5-6H2,1-2H3,(H2,28,29)(H,30,41)(H,38,39)(H,43,44)(H,45,46);/q;+1/p-1/b32-15-;/t16?,21-;/m1./s1. The van der Waals surface area contributed by atoms with Crippen molar-refractivity contribution < 1.29 is 83.9 Å². The molecular weight excluding hydrogens is 769 g/mol. The van der Waals surface area contributed by atoms with Crippen molar-refractivity contribution in [2.24, 2.45) is 5.16 Å². The minimum Gasteiger partial charge on any atom is -0.543 e. The van der Waals surface area contributed by atoms with Crippen LogP contribution in [0.25, 0.3) is 5.69 Å². The van der Waals surface area contributed by atoms with Crippen LogP contribution in [0.5, 0.6) is 11.5 Å². The number of amides is 2. The van der Waals surface area contributed by atoms with Gasteiger partial charge in [0.05, 0.1) is 28.8 Å². The fraction of sp³-hybridized carbons (Fsp3) is 0.308. The summed E-state index contributed by atoms with van der Waals surface area (Å²) in [6, 6.07) is -0.213. The molecule has 3 aromatic rings. The van der Waals surface area contributed by atoms with E-state index >= 15 is 0 Å². The number of β-lactam (4-membered cyclic amide) rings is 1. The predicted octanol–water partition coefficient (Wildman–Crippen LogP) is -3.82. The minimum atomic E-state index is -1.83. The van der Waals surface area contributed by atoms with Crippen LogP contribution in [0.4, 0.5) is 5.13 Å². The van der Waals surface area contributed by atoms with Crippen molar-refractivity contribution in [1.82, 2.24) is 35.4 Å². The second kappa shape index (κ2) is 15.6. The number of nitrogens with two attached hydrogens (primary N) is 1. The summed E-state index contributed by atoms with van der Waals surface area (Å²) in [6.45, 7) is 2.40. The topological polar surface area (TPSA) is 309 Å². The number of carboxylic acid groups (broad SMARTS) is 3. The molecule has 0 radical (unpaired) electrons. The molecule has 2 atom stereocenters. The van der Waals surface area contributed by atoms with Crippen molar-refractivity contribution in [3.63, 3.8) is 0 Å². The zero-order chi connectivity index (χ0) is 36.7.